The first kappa shape index (κ1) is 12.3. The van der Waals surface area contributed by atoms with E-state index in [0.717, 1.165) is 32.0 Å². The van der Waals surface area contributed by atoms with E-state index in [2.05, 4.69) is 5.32 Å². The molecule has 94 valence electrons. The molecule has 2 nitrogen and oxygen atoms in total. The zero-order chi connectivity index (χ0) is 12.3. The lowest BCUT2D eigenvalue weighted by molar-refractivity contribution is 0.352. The molecule has 2 rings (SSSR count). The Morgan fingerprint density at radius 3 is 2.88 bits per heavy atom. The second kappa shape index (κ2) is 5.45. The fraction of sp³-hybridized carbons (Fsp3) is 0.538. The molecule has 1 aromatic rings. The van der Waals surface area contributed by atoms with E-state index in [1.807, 2.05) is 0 Å². The summed E-state index contributed by atoms with van der Waals surface area (Å²) in [4.78, 5) is 0. The molecule has 1 N–H and O–H groups in total. The van der Waals surface area contributed by atoms with Gasteiger partial charge in [0.1, 0.15) is 5.82 Å². The van der Waals surface area contributed by atoms with Crippen molar-refractivity contribution in [2.45, 2.75) is 19.3 Å². The predicted octanol–water partition coefficient (Wildman–Crippen LogP) is 2.52. The Morgan fingerprint density at radius 1 is 1.41 bits per heavy atom. The van der Waals surface area contributed by atoms with Crippen molar-refractivity contribution in [3.63, 3.8) is 0 Å². The van der Waals surface area contributed by atoms with E-state index in [-0.39, 0.29) is 5.75 Å². The summed E-state index contributed by atoms with van der Waals surface area (Å²) in [6, 6.07) is 2.23. The number of piperidine rings is 1. The van der Waals surface area contributed by atoms with E-state index in [1.165, 1.54) is 13.2 Å². The molecule has 4 heteroatoms. The number of hydrogen-bond donors (Lipinski definition) is 1. The third-order valence-corrected chi connectivity index (χ3v) is 3.20. The summed E-state index contributed by atoms with van der Waals surface area (Å²) in [5.41, 5.74) is 0.624. The highest BCUT2D eigenvalue weighted by atomic mass is 19.1. The van der Waals surface area contributed by atoms with Gasteiger partial charge in [0.05, 0.1) is 7.11 Å². The lowest BCUT2D eigenvalue weighted by Crippen LogP contribution is -2.31. The van der Waals surface area contributed by atoms with Gasteiger partial charge in [-0.15, -0.1) is 0 Å². The van der Waals surface area contributed by atoms with Crippen LogP contribution in [0.1, 0.15) is 18.4 Å². The number of hydrogen-bond acceptors (Lipinski definition) is 2. The van der Waals surface area contributed by atoms with Crippen LogP contribution in [0, 0.1) is 17.6 Å². The van der Waals surface area contributed by atoms with Crippen molar-refractivity contribution < 1.29 is 13.5 Å². The highest BCUT2D eigenvalue weighted by molar-refractivity contribution is 5.36. The first-order valence-electron chi connectivity index (χ1n) is 5.93. The molecular weight excluding hydrogens is 224 g/mol. The van der Waals surface area contributed by atoms with Crippen LogP contribution in [0.5, 0.6) is 5.75 Å². The number of halogens is 2. The average molecular weight is 241 g/mol. The van der Waals surface area contributed by atoms with Gasteiger partial charge in [0.15, 0.2) is 11.6 Å². The van der Waals surface area contributed by atoms with Crippen molar-refractivity contribution >= 4 is 0 Å². The molecule has 0 amide bonds. The van der Waals surface area contributed by atoms with Crippen LogP contribution in [0.2, 0.25) is 0 Å². The van der Waals surface area contributed by atoms with E-state index in [4.69, 9.17) is 4.74 Å². The Hall–Kier alpha value is -1.16. The van der Waals surface area contributed by atoms with Gasteiger partial charge in [-0.3, -0.25) is 0 Å². The summed E-state index contributed by atoms with van der Waals surface area (Å²) >= 11 is 0. The van der Waals surface area contributed by atoms with Crippen molar-refractivity contribution in [2.24, 2.45) is 5.92 Å². The maximum atomic E-state index is 13.5. The van der Waals surface area contributed by atoms with Gasteiger partial charge in [-0.2, -0.15) is 0 Å². The fourth-order valence-electron chi connectivity index (χ4n) is 2.40. The van der Waals surface area contributed by atoms with Gasteiger partial charge in [-0.05, 0) is 44.3 Å². The summed E-state index contributed by atoms with van der Waals surface area (Å²) in [5, 5.41) is 3.29. The minimum atomic E-state index is -0.619. The van der Waals surface area contributed by atoms with E-state index in [1.54, 1.807) is 0 Å². The molecule has 0 aromatic heterocycles. The van der Waals surface area contributed by atoms with E-state index < -0.39 is 11.6 Å². The molecule has 1 fully saturated rings. The normalized spacial score (nSPS) is 20.3. The van der Waals surface area contributed by atoms with Gasteiger partial charge < -0.3 is 10.1 Å². The molecule has 1 atom stereocenters. The van der Waals surface area contributed by atoms with Crippen LogP contribution in [0.25, 0.3) is 0 Å². The third-order valence-electron chi connectivity index (χ3n) is 3.20. The molecule has 0 spiro atoms. The fourth-order valence-corrected chi connectivity index (χ4v) is 2.40. The van der Waals surface area contributed by atoms with E-state index in [0.29, 0.717) is 17.9 Å². The first-order chi connectivity index (χ1) is 8.20. The average Bonchev–Trinajstić information content (AvgIpc) is 2.30. The van der Waals surface area contributed by atoms with Crippen molar-refractivity contribution in [3.05, 3.63) is 29.3 Å². The highest BCUT2D eigenvalue weighted by Crippen LogP contribution is 2.28. The van der Waals surface area contributed by atoms with E-state index >= 15 is 0 Å². The summed E-state index contributed by atoms with van der Waals surface area (Å²) < 4.78 is 31.7. The number of rotatable bonds is 3. The molecule has 1 heterocycles. The zero-order valence-corrected chi connectivity index (χ0v) is 9.93. The molecule has 1 unspecified atom stereocenters. The Labute approximate surface area is 100.0 Å². The molecule has 0 saturated carbocycles. The van der Waals surface area contributed by atoms with Gasteiger partial charge in [0.25, 0.3) is 0 Å². The minimum Gasteiger partial charge on any atom is -0.493 e. The predicted molar refractivity (Wildman–Crippen MR) is 62.2 cm³/mol. The van der Waals surface area contributed by atoms with Crippen LogP contribution in [-0.2, 0) is 6.42 Å². The van der Waals surface area contributed by atoms with Crippen molar-refractivity contribution in [1.82, 2.24) is 5.32 Å². The molecule has 1 aliphatic rings. The molecule has 1 aliphatic heterocycles. The number of benzene rings is 1. The van der Waals surface area contributed by atoms with Gasteiger partial charge in [0.2, 0.25) is 0 Å². The number of nitrogens with one attached hydrogen (secondary N) is 1. The summed E-state index contributed by atoms with van der Waals surface area (Å²) in [6.07, 6.45) is 2.86. The Bertz CT molecular complexity index is 389. The van der Waals surface area contributed by atoms with Gasteiger partial charge in [-0.1, -0.05) is 0 Å². The summed E-state index contributed by atoms with van der Waals surface area (Å²) in [7, 11) is 1.42. The largest absolute Gasteiger partial charge is 0.493 e. The Balaban J connectivity index is 2.18. The van der Waals surface area contributed by atoms with Gasteiger partial charge in [-0.25, -0.2) is 8.78 Å². The Morgan fingerprint density at radius 2 is 2.24 bits per heavy atom. The van der Waals surface area contributed by atoms with Crippen molar-refractivity contribution in [3.8, 4) is 5.75 Å². The topological polar surface area (TPSA) is 21.3 Å². The van der Waals surface area contributed by atoms with Crippen LogP contribution in [-0.4, -0.2) is 20.2 Å². The lowest BCUT2D eigenvalue weighted by atomic mass is 9.92. The summed E-state index contributed by atoms with van der Waals surface area (Å²) in [6.45, 7) is 1.94. The SMILES string of the molecule is COc1c(F)cc(F)cc1CC1CCCNC1. The lowest BCUT2D eigenvalue weighted by Gasteiger charge is -2.23. The van der Waals surface area contributed by atoms with Crippen LogP contribution in [0.4, 0.5) is 8.78 Å². The molecule has 1 aromatic carbocycles. The number of methoxy groups -OCH3 is 1. The standard InChI is InChI=1S/C13H17F2NO/c1-17-13-10(6-11(14)7-12(13)15)5-9-3-2-4-16-8-9/h6-7,9,16H,2-5,8H2,1H3. The first-order valence-corrected chi connectivity index (χ1v) is 5.93. The molecular formula is C13H17F2NO. The maximum absolute atomic E-state index is 13.5. The molecule has 0 bridgehead atoms. The van der Waals surface area contributed by atoms with Crippen molar-refractivity contribution in [2.75, 3.05) is 20.2 Å². The van der Waals surface area contributed by atoms with Crippen LogP contribution < -0.4 is 10.1 Å². The smallest absolute Gasteiger partial charge is 0.168 e. The molecule has 0 radical (unpaired) electrons. The summed E-state index contributed by atoms with van der Waals surface area (Å²) in [5.74, 6) is -0.552. The molecule has 1 saturated heterocycles. The zero-order valence-electron chi connectivity index (χ0n) is 9.93. The van der Waals surface area contributed by atoms with Gasteiger partial charge >= 0.3 is 0 Å². The highest BCUT2D eigenvalue weighted by Gasteiger charge is 2.18. The Kier molecular flexibility index (Phi) is 3.94. The van der Waals surface area contributed by atoms with Gasteiger partial charge in [0, 0.05) is 11.6 Å². The monoisotopic (exact) mass is 241 g/mol. The van der Waals surface area contributed by atoms with Crippen LogP contribution in [0.3, 0.4) is 0 Å². The van der Waals surface area contributed by atoms with Crippen LogP contribution in [0.15, 0.2) is 12.1 Å². The maximum Gasteiger partial charge on any atom is 0.168 e. The quantitative estimate of drug-likeness (QED) is 0.878. The molecule has 0 aliphatic carbocycles. The second-order valence-corrected chi connectivity index (χ2v) is 4.50. The minimum absolute atomic E-state index is 0.178. The van der Waals surface area contributed by atoms with Crippen LogP contribution >= 0.6 is 0 Å². The third kappa shape index (κ3) is 2.94. The number of ether oxygens (including phenoxy) is 1. The molecule has 17 heavy (non-hydrogen) atoms. The second-order valence-electron chi connectivity index (χ2n) is 4.50. The van der Waals surface area contributed by atoms with E-state index in [9.17, 15) is 8.78 Å². The van der Waals surface area contributed by atoms with Crippen molar-refractivity contribution in [1.29, 1.82) is 0 Å².